The number of nitrogens with zero attached hydrogens (tertiary/aromatic N) is 3. The lowest BCUT2D eigenvalue weighted by molar-refractivity contribution is -0.117. The normalized spacial score (nSPS) is 11.7. The Morgan fingerprint density at radius 2 is 1.94 bits per heavy atom. The highest BCUT2D eigenvalue weighted by atomic mass is 35.5. The molecule has 0 aliphatic heterocycles. The number of hydrogen-bond acceptors (Lipinski definition) is 6. The average molecular weight is 513 g/mol. The van der Waals surface area contributed by atoms with E-state index in [1.165, 1.54) is 37.0 Å². The summed E-state index contributed by atoms with van der Waals surface area (Å²) in [6, 6.07) is 11.6. The number of nitriles is 1. The van der Waals surface area contributed by atoms with Crippen LogP contribution in [-0.4, -0.2) is 22.1 Å². The van der Waals surface area contributed by atoms with E-state index >= 15 is 0 Å². The molecule has 178 valence electrons. The van der Waals surface area contributed by atoms with E-state index in [2.05, 4.69) is 28.3 Å². The van der Waals surface area contributed by atoms with E-state index in [1.807, 2.05) is 30.5 Å². The van der Waals surface area contributed by atoms with Gasteiger partial charge in [0, 0.05) is 4.90 Å². The summed E-state index contributed by atoms with van der Waals surface area (Å²) in [5.41, 5.74) is 1.59. The fourth-order valence-corrected chi connectivity index (χ4v) is 5.39. The third-order valence-electron chi connectivity index (χ3n) is 5.61. The third-order valence-corrected chi connectivity index (χ3v) is 7.85. The molecule has 3 rings (SSSR count). The maximum Gasteiger partial charge on any atom is 0.233 e. The Morgan fingerprint density at radius 1 is 1.15 bits per heavy atom. The lowest BCUT2D eigenvalue weighted by atomic mass is 9.92. The molecule has 1 atom stereocenters. The summed E-state index contributed by atoms with van der Waals surface area (Å²) >= 11 is 9.40. The number of anilines is 1. The molecule has 1 N–H and O–H groups in total. The summed E-state index contributed by atoms with van der Waals surface area (Å²) in [7, 11) is 0. The quantitative estimate of drug-likeness (QED) is 0.197. The van der Waals surface area contributed by atoms with Gasteiger partial charge in [-0.15, -0.1) is 23.1 Å². The van der Waals surface area contributed by atoms with Gasteiger partial charge < -0.3 is 5.32 Å². The van der Waals surface area contributed by atoms with Crippen LogP contribution in [0.15, 0.2) is 47.6 Å². The first-order chi connectivity index (χ1) is 16.5. The van der Waals surface area contributed by atoms with E-state index in [9.17, 15) is 4.79 Å². The molecular weight excluding hydrogens is 484 g/mol. The van der Waals surface area contributed by atoms with Gasteiger partial charge in [-0.3, -0.25) is 4.79 Å². The Bertz CT molecular complexity index is 1120. The zero-order chi connectivity index (χ0) is 24.3. The minimum absolute atomic E-state index is 0.105. The third kappa shape index (κ3) is 7.30. The molecule has 5 nitrogen and oxygen atoms in total. The van der Waals surface area contributed by atoms with Gasteiger partial charge in [-0.05, 0) is 42.5 Å². The molecule has 0 spiro atoms. The first kappa shape index (κ1) is 26.2. The summed E-state index contributed by atoms with van der Waals surface area (Å²) in [5.74, 6) is -0.00593. The van der Waals surface area contributed by atoms with Crippen molar-refractivity contribution in [3.8, 4) is 16.6 Å². The Labute approximate surface area is 215 Å². The summed E-state index contributed by atoms with van der Waals surface area (Å²) in [4.78, 5) is 24.6. The summed E-state index contributed by atoms with van der Waals surface area (Å²) in [6.45, 7) is 2.21. The van der Waals surface area contributed by atoms with Gasteiger partial charge in [0.05, 0.1) is 33.9 Å². The molecule has 1 unspecified atom stereocenters. The Kier molecular flexibility index (Phi) is 10.4. The SMILES string of the molecule is CCCCCCCCC(C(=O)Nc1cnc(-c2ccc(C#N)s2)cn1)c1ccc(SC)c(Cl)c1. The smallest absolute Gasteiger partial charge is 0.233 e. The van der Waals surface area contributed by atoms with Gasteiger partial charge in [-0.2, -0.15) is 5.26 Å². The number of rotatable bonds is 12. The van der Waals surface area contributed by atoms with E-state index in [4.69, 9.17) is 16.9 Å². The summed E-state index contributed by atoms with van der Waals surface area (Å²) in [5, 5.41) is 12.6. The second-order valence-electron chi connectivity index (χ2n) is 8.05. The highest BCUT2D eigenvalue weighted by Gasteiger charge is 2.22. The predicted molar refractivity (Wildman–Crippen MR) is 143 cm³/mol. The van der Waals surface area contributed by atoms with Crippen LogP contribution in [0.5, 0.6) is 0 Å². The van der Waals surface area contributed by atoms with E-state index in [0.29, 0.717) is 21.4 Å². The molecule has 2 heterocycles. The number of carbonyl (C=O) groups is 1. The minimum Gasteiger partial charge on any atom is -0.309 e. The number of unbranched alkanes of at least 4 members (excludes halogenated alkanes) is 5. The van der Waals surface area contributed by atoms with Gasteiger partial charge in [0.1, 0.15) is 10.9 Å². The van der Waals surface area contributed by atoms with Crippen LogP contribution in [0, 0.1) is 11.3 Å². The van der Waals surface area contributed by atoms with Crippen molar-refractivity contribution in [1.82, 2.24) is 9.97 Å². The molecule has 2 aromatic heterocycles. The van der Waals surface area contributed by atoms with E-state index in [-0.39, 0.29) is 11.8 Å². The molecular formula is C26H29ClN4OS2. The Hall–Kier alpha value is -2.40. The molecule has 0 bridgehead atoms. The van der Waals surface area contributed by atoms with Crippen molar-refractivity contribution in [2.24, 2.45) is 0 Å². The number of hydrogen-bond donors (Lipinski definition) is 1. The largest absolute Gasteiger partial charge is 0.309 e. The highest BCUT2D eigenvalue weighted by molar-refractivity contribution is 7.98. The number of amides is 1. The molecule has 1 aromatic carbocycles. The number of halogens is 1. The van der Waals surface area contributed by atoms with Crippen molar-refractivity contribution in [3.05, 3.63) is 58.2 Å². The molecule has 34 heavy (non-hydrogen) atoms. The summed E-state index contributed by atoms with van der Waals surface area (Å²) in [6.07, 6.45) is 12.9. The van der Waals surface area contributed by atoms with Gasteiger partial charge in [-0.25, -0.2) is 9.97 Å². The Balaban J connectivity index is 1.70. The molecule has 3 aromatic rings. The second kappa shape index (κ2) is 13.5. The monoisotopic (exact) mass is 512 g/mol. The van der Waals surface area contributed by atoms with E-state index < -0.39 is 0 Å². The van der Waals surface area contributed by atoms with Gasteiger partial charge in [0.2, 0.25) is 5.91 Å². The minimum atomic E-state index is -0.309. The maximum absolute atomic E-state index is 13.3. The van der Waals surface area contributed by atoms with Crippen LogP contribution in [0.1, 0.15) is 68.2 Å². The van der Waals surface area contributed by atoms with Crippen molar-refractivity contribution in [2.45, 2.75) is 62.7 Å². The van der Waals surface area contributed by atoms with Crippen LogP contribution in [0.4, 0.5) is 5.82 Å². The fraction of sp³-hybridized carbons (Fsp3) is 0.385. The lowest BCUT2D eigenvalue weighted by Gasteiger charge is -2.18. The molecule has 0 saturated heterocycles. The van der Waals surface area contributed by atoms with Crippen LogP contribution >= 0.6 is 34.7 Å². The van der Waals surface area contributed by atoms with Crippen molar-refractivity contribution in [1.29, 1.82) is 5.26 Å². The number of carbonyl (C=O) groups excluding carboxylic acids is 1. The number of thioether (sulfide) groups is 1. The van der Waals surface area contributed by atoms with E-state index in [1.54, 1.807) is 30.2 Å². The number of nitrogens with one attached hydrogen (secondary N) is 1. The van der Waals surface area contributed by atoms with Gasteiger partial charge in [0.25, 0.3) is 0 Å². The van der Waals surface area contributed by atoms with Crippen LogP contribution in [0.25, 0.3) is 10.6 Å². The molecule has 0 aliphatic rings. The molecule has 0 saturated carbocycles. The second-order valence-corrected chi connectivity index (χ2v) is 10.4. The molecule has 0 aliphatic carbocycles. The van der Waals surface area contributed by atoms with Crippen molar-refractivity contribution >= 4 is 46.4 Å². The summed E-state index contributed by atoms with van der Waals surface area (Å²) < 4.78 is 0. The lowest BCUT2D eigenvalue weighted by Crippen LogP contribution is -2.22. The van der Waals surface area contributed by atoms with Crippen molar-refractivity contribution in [2.75, 3.05) is 11.6 Å². The zero-order valence-corrected chi connectivity index (χ0v) is 21.9. The van der Waals surface area contributed by atoms with Crippen LogP contribution < -0.4 is 5.32 Å². The standard InChI is InChI=1S/C26H29ClN4OS2/c1-3-4-5-6-7-8-9-20(18-10-12-23(33-2)21(27)14-18)26(32)31-25-17-29-22(16-30-25)24-13-11-19(15-28)34-24/h10-14,16-17,20H,3-9H2,1-2H3,(H,30,31,32). The van der Waals surface area contributed by atoms with Crippen LogP contribution in [0.3, 0.4) is 0 Å². The number of thiophene rings is 1. The molecule has 1 amide bonds. The zero-order valence-electron chi connectivity index (χ0n) is 19.5. The van der Waals surface area contributed by atoms with Gasteiger partial charge >= 0.3 is 0 Å². The molecule has 0 radical (unpaired) electrons. The highest BCUT2D eigenvalue weighted by Crippen LogP contribution is 2.32. The van der Waals surface area contributed by atoms with Gasteiger partial charge in [-0.1, -0.05) is 63.1 Å². The fourth-order valence-electron chi connectivity index (χ4n) is 3.75. The van der Waals surface area contributed by atoms with Crippen LogP contribution in [0.2, 0.25) is 5.02 Å². The van der Waals surface area contributed by atoms with Crippen molar-refractivity contribution < 1.29 is 4.79 Å². The van der Waals surface area contributed by atoms with Crippen LogP contribution in [-0.2, 0) is 4.79 Å². The van der Waals surface area contributed by atoms with Gasteiger partial charge in [0.15, 0.2) is 5.82 Å². The topological polar surface area (TPSA) is 78.7 Å². The Morgan fingerprint density at radius 3 is 2.59 bits per heavy atom. The number of benzene rings is 1. The first-order valence-electron chi connectivity index (χ1n) is 11.5. The van der Waals surface area contributed by atoms with Crippen molar-refractivity contribution in [3.63, 3.8) is 0 Å². The van der Waals surface area contributed by atoms with E-state index in [0.717, 1.165) is 34.6 Å². The maximum atomic E-state index is 13.3. The average Bonchev–Trinajstić information content (AvgIpc) is 3.33. The number of aromatic nitrogens is 2. The molecule has 0 fully saturated rings. The predicted octanol–water partition coefficient (Wildman–Crippen LogP) is 7.92. The molecule has 8 heteroatoms. The first-order valence-corrected chi connectivity index (χ1v) is 13.9.